The Morgan fingerprint density at radius 3 is 0.986 bits per heavy atom. The fourth-order valence-corrected chi connectivity index (χ4v) is 17.0. The van der Waals surface area contributed by atoms with E-state index in [-0.39, 0.29) is 10.8 Å². The number of phenols is 2. The second-order valence-corrected chi connectivity index (χ2v) is 29.8. The summed E-state index contributed by atoms with van der Waals surface area (Å²) in [5.74, 6) is 8.25. The zero-order valence-electron chi connectivity index (χ0n) is 46.0. The van der Waals surface area contributed by atoms with Crippen molar-refractivity contribution in [3.8, 4) is 11.5 Å². The zero-order chi connectivity index (χ0) is 51.7. The molecule has 0 atom stereocenters. The van der Waals surface area contributed by atoms with E-state index in [4.69, 9.17) is 17.0 Å². The van der Waals surface area contributed by atoms with Gasteiger partial charge in [-0.2, -0.15) is 13.3 Å². The molecule has 8 aliphatic carbocycles. The molecule has 14 rings (SSSR count). The molecule has 0 spiro atoms. The Hall–Kier alpha value is -2.86. The van der Waals surface area contributed by atoms with Crippen molar-refractivity contribution < 1.29 is 31.1 Å². The first-order chi connectivity index (χ1) is 34.9. The van der Waals surface area contributed by atoms with Crippen molar-refractivity contribution in [3.05, 3.63) is 119 Å². The fourth-order valence-electron chi connectivity index (χ4n) is 17.0. The third kappa shape index (κ3) is 10.4. The van der Waals surface area contributed by atoms with Crippen LogP contribution in [0.25, 0.3) is 0 Å². The molecule has 8 bridgehead atoms. The Bertz CT molecular complexity index is 2330. The van der Waals surface area contributed by atoms with Gasteiger partial charge in [-0.25, -0.2) is 0 Å². The predicted octanol–water partition coefficient (Wildman–Crippen LogP) is 17.1. The minimum absolute atomic E-state index is 0.202. The van der Waals surface area contributed by atoms with E-state index in [0.717, 1.165) is 73.1 Å². The second-order valence-electron chi connectivity index (χ2n) is 26.0. The summed E-state index contributed by atoms with van der Waals surface area (Å²) < 4.78 is 0. The molecule has 0 amide bonds. The van der Waals surface area contributed by atoms with Gasteiger partial charge < -0.3 is 29.8 Å². The SMILES string of the molecule is Cc1cc(N2[CH-]N(c3c(C(C)C)cccc3C(C)C)CC2)c(O)c(C23CC4CC(CC(C4)C2)C3)c1.Cc1cc(N2[CH-]N(c3c(C(C)C)cccc3C(C)C)CC2)c(O)c(C23CC4CC(CC(C4)C2)C3)c1.[Cl][Zr+2][Cl]. The normalized spacial score (nSPS) is 28.7. The van der Waals surface area contributed by atoms with E-state index in [1.165, 1.54) is 133 Å². The van der Waals surface area contributed by atoms with Crippen LogP contribution < -0.4 is 19.6 Å². The first-order valence-electron chi connectivity index (χ1n) is 28.6. The molecule has 73 heavy (non-hydrogen) atoms. The summed E-state index contributed by atoms with van der Waals surface area (Å²) in [6.45, 7) is 31.0. The van der Waals surface area contributed by atoms with Gasteiger partial charge in [0.25, 0.3) is 0 Å². The summed E-state index contributed by atoms with van der Waals surface area (Å²) in [6.07, 6.45) is 16.3. The Kier molecular flexibility index (Phi) is 15.8. The van der Waals surface area contributed by atoms with Crippen LogP contribution in [-0.2, 0) is 31.7 Å². The third-order valence-electron chi connectivity index (χ3n) is 19.3. The molecule has 9 heteroatoms. The van der Waals surface area contributed by atoms with Gasteiger partial charge in [0, 0.05) is 48.7 Å². The molecule has 2 N–H and O–H groups in total. The molecule has 8 saturated carbocycles. The Morgan fingerprint density at radius 2 is 0.726 bits per heavy atom. The molecule has 392 valence electrons. The van der Waals surface area contributed by atoms with Crippen molar-refractivity contribution >= 4 is 39.8 Å². The number of aryl methyl sites for hydroxylation is 2. The van der Waals surface area contributed by atoms with Crippen LogP contribution in [-0.4, -0.2) is 36.4 Å². The molecule has 10 aliphatic rings. The van der Waals surface area contributed by atoms with Gasteiger partial charge in [0.15, 0.2) is 0 Å². The van der Waals surface area contributed by atoms with E-state index in [2.05, 4.69) is 163 Å². The Labute approximate surface area is 459 Å². The monoisotopic (exact) mass is 1100 g/mol. The van der Waals surface area contributed by atoms with Gasteiger partial charge in [0.05, 0.1) is 11.4 Å². The van der Waals surface area contributed by atoms with Gasteiger partial charge >= 0.3 is 37.9 Å². The molecule has 2 heterocycles. The molecule has 2 aliphatic heterocycles. The molecular weight excluding hydrogens is 1020 g/mol. The number of nitrogens with zero attached hydrogens (tertiary/aromatic N) is 4. The van der Waals surface area contributed by atoms with Crippen molar-refractivity contribution in [1.29, 1.82) is 0 Å². The maximum atomic E-state index is 11.8. The number of phenolic OH excluding ortho intramolecular Hbond substituents is 2. The number of aromatic hydroxyl groups is 2. The van der Waals surface area contributed by atoms with E-state index in [1.807, 2.05) is 0 Å². The first-order valence-corrected chi connectivity index (χ1v) is 34.9. The van der Waals surface area contributed by atoms with Crippen molar-refractivity contribution in [2.45, 2.75) is 181 Å². The molecule has 0 radical (unpaired) electrons. The third-order valence-corrected chi connectivity index (χ3v) is 19.3. The average Bonchev–Trinajstić information content (AvgIpc) is 4.03. The molecule has 4 aromatic carbocycles. The van der Waals surface area contributed by atoms with Crippen molar-refractivity contribution in [2.75, 3.05) is 45.8 Å². The van der Waals surface area contributed by atoms with Gasteiger partial charge in [0.2, 0.25) is 0 Å². The van der Waals surface area contributed by atoms with Gasteiger partial charge in [-0.3, -0.25) is 0 Å². The number of halogens is 2. The number of para-hydroxylation sites is 2. The molecule has 2 saturated heterocycles. The van der Waals surface area contributed by atoms with Crippen LogP contribution in [0.15, 0.2) is 60.7 Å². The standard InChI is InChI=1S/2C32H43N2O.2ClH.Zr/c2*1-20(2)26-7-6-8-27(21(3)4)30(26)34-10-9-33(19-34)29-12-22(5)11-28(31(29)35)32-16-23-13-24(17-32)15-25(14-23)18-32;;;/h2*6-8,11-12,19-21,23-25,35H,9-10,13-18H2,1-5H3;2*1H;/q2*-1;;;+4/p-2. The fraction of sp³-hybridized carbons (Fsp3) is 0.594. The van der Waals surface area contributed by atoms with Crippen LogP contribution in [0.4, 0.5) is 22.7 Å². The quantitative estimate of drug-likeness (QED) is 0.154. The summed E-state index contributed by atoms with van der Waals surface area (Å²) in [6, 6.07) is 22.6. The molecule has 6 nitrogen and oxygen atoms in total. The number of anilines is 4. The summed E-state index contributed by atoms with van der Waals surface area (Å²) in [5.41, 5.74) is 15.9. The van der Waals surface area contributed by atoms with Crippen LogP contribution in [0.3, 0.4) is 0 Å². The molecular formula is C64H86Cl2N4O2Zr. The van der Waals surface area contributed by atoms with Crippen LogP contribution >= 0.6 is 17.0 Å². The first kappa shape index (κ1) is 53.5. The molecule has 4 aromatic rings. The van der Waals surface area contributed by atoms with Crippen molar-refractivity contribution in [1.82, 2.24) is 0 Å². The topological polar surface area (TPSA) is 53.4 Å². The van der Waals surface area contributed by atoms with Gasteiger partial charge in [-0.1, -0.05) is 104 Å². The molecule has 0 aromatic heterocycles. The van der Waals surface area contributed by atoms with Gasteiger partial charge in [-0.05, 0) is 206 Å². The summed E-state index contributed by atoms with van der Waals surface area (Å²) in [7, 11) is 9.87. The van der Waals surface area contributed by atoms with Crippen LogP contribution in [0.2, 0.25) is 0 Å². The molecule has 0 unspecified atom stereocenters. The van der Waals surface area contributed by atoms with E-state index < -0.39 is 20.8 Å². The van der Waals surface area contributed by atoms with Crippen LogP contribution in [0.5, 0.6) is 11.5 Å². The summed E-state index contributed by atoms with van der Waals surface area (Å²) >= 11 is -0.826. The number of rotatable bonds is 10. The zero-order valence-corrected chi connectivity index (χ0v) is 49.9. The van der Waals surface area contributed by atoms with E-state index in [9.17, 15) is 10.2 Å². The van der Waals surface area contributed by atoms with Crippen LogP contribution in [0.1, 0.15) is 201 Å². The van der Waals surface area contributed by atoms with E-state index in [0.29, 0.717) is 35.2 Å². The predicted molar refractivity (Wildman–Crippen MR) is 304 cm³/mol. The summed E-state index contributed by atoms with van der Waals surface area (Å²) in [4.78, 5) is 9.51. The number of hydrogen-bond acceptors (Lipinski definition) is 6. The van der Waals surface area contributed by atoms with Crippen LogP contribution in [0, 0.1) is 62.7 Å². The number of benzene rings is 4. The molecule has 10 fully saturated rings. The van der Waals surface area contributed by atoms with Gasteiger partial charge in [0.1, 0.15) is 11.5 Å². The Morgan fingerprint density at radius 1 is 0.466 bits per heavy atom. The second kappa shape index (κ2) is 21.5. The Balaban J connectivity index is 0.000000159. The minimum atomic E-state index is -0.826. The van der Waals surface area contributed by atoms with E-state index >= 15 is 0 Å². The van der Waals surface area contributed by atoms with Crippen molar-refractivity contribution in [2.24, 2.45) is 35.5 Å². The van der Waals surface area contributed by atoms with E-state index in [1.54, 1.807) is 0 Å². The average molecular weight is 1110 g/mol. The van der Waals surface area contributed by atoms with Gasteiger partial charge in [-0.15, -0.1) is 0 Å². The van der Waals surface area contributed by atoms with Crippen molar-refractivity contribution in [3.63, 3.8) is 0 Å². The maximum absolute atomic E-state index is 11.8. The summed E-state index contributed by atoms with van der Waals surface area (Å²) in [5, 5.41) is 23.6. The number of hydrogen-bond donors (Lipinski definition) is 2.